The van der Waals surface area contributed by atoms with Crippen LogP contribution in [0.4, 0.5) is 0 Å². The maximum Gasteiger partial charge on any atom is 0.244 e. The number of hydrogen-bond donors (Lipinski definition) is 1. The molecule has 0 fully saturated rings. The van der Waals surface area contributed by atoms with Gasteiger partial charge in [-0.3, -0.25) is 9.78 Å². The largest absolute Gasteiger partial charge is 0.496 e. The summed E-state index contributed by atoms with van der Waals surface area (Å²) in [5.41, 5.74) is 4.09. The average molecular weight is 346 g/mol. The van der Waals surface area contributed by atoms with E-state index in [2.05, 4.69) is 16.4 Å². The van der Waals surface area contributed by atoms with Crippen LogP contribution in [0, 0.1) is 6.92 Å². The number of benzene rings is 2. The number of fused-ring (bicyclic) bond motifs is 1. The minimum atomic E-state index is -0.121. The molecular weight excluding hydrogens is 324 g/mol. The van der Waals surface area contributed by atoms with Crippen molar-refractivity contribution in [3.63, 3.8) is 0 Å². The van der Waals surface area contributed by atoms with Crippen molar-refractivity contribution in [3.8, 4) is 5.75 Å². The summed E-state index contributed by atoms with van der Waals surface area (Å²) in [6.07, 6.45) is 5.84. The molecule has 0 bridgehead atoms. The third-order valence-electron chi connectivity index (χ3n) is 4.21. The number of aryl methyl sites for hydroxylation is 1. The van der Waals surface area contributed by atoms with Crippen LogP contribution in [0.5, 0.6) is 5.75 Å². The van der Waals surface area contributed by atoms with E-state index in [9.17, 15) is 4.79 Å². The lowest BCUT2D eigenvalue weighted by Crippen LogP contribution is -2.23. The number of carbonyl (C=O) groups excluding carboxylic acids is 1. The Labute approximate surface area is 153 Å². The molecule has 4 nitrogen and oxygen atoms in total. The van der Waals surface area contributed by atoms with Crippen LogP contribution in [-0.2, 0) is 11.2 Å². The summed E-state index contributed by atoms with van der Waals surface area (Å²) in [4.78, 5) is 16.5. The second-order valence-electron chi connectivity index (χ2n) is 6.11. The van der Waals surface area contributed by atoms with Crippen molar-refractivity contribution < 1.29 is 9.53 Å². The first-order valence-corrected chi connectivity index (χ1v) is 8.60. The van der Waals surface area contributed by atoms with Crippen molar-refractivity contribution in [1.82, 2.24) is 10.3 Å². The first-order chi connectivity index (χ1) is 12.7. The van der Waals surface area contributed by atoms with E-state index < -0.39 is 0 Å². The van der Waals surface area contributed by atoms with E-state index in [1.807, 2.05) is 49.4 Å². The molecule has 1 heterocycles. The van der Waals surface area contributed by atoms with Gasteiger partial charge in [0.05, 0.1) is 12.6 Å². The summed E-state index contributed by atoms with van der Waals surface area (Å²) in [6, 6.07) is 15.9. The Kier molecular flexibility index (Phi) is 5.64. The van der Waals surface area contributed by atoms with Crippen molar-refractivity contribution in [2.45, 2.75) is 13.3 Å². The van der Waals surface area contributed by atoms with Crippen molar-refractivity contribution in [1.29, 1.82) is 0 Å². The molecule has 1 N–H and O–H groups in total. The molecule has 0 saturated heterocycles. The molecular formula is C22H22N2O2. The highest BCUT2D eigenvalue weighted by Crippen LogP contribution is 2.20. The molecule has 0 unspecified atom stereocenters. The molecule has 0 aliphatic carbocycles. The Morgan fingerprint density at radius 3 is 2.88 bits per heavy atom. The number of rotatable bonds is 6. The zero-order valence-electron chi connectivity index (χ0n) is 15.0. The van der Waals surface area contributed by atoms with E-state index >= 15 is 0 Å². The predicted octanol–water partition coefficient (Wildman–Crippen LogP) is 3.92. The van der Waals surface area contributed by atoms with E-state index in [1.54, 1.807) is 25.5 Å². The number of pyridine rings is 1. The molecule has 0 aliphatic rings. The maximum atomic E-state index is 12.1. The fourth-order valence-corrected chi connectivity index (χ4v) is 2.91. The van der Waals surface area contributed by atoms with Gasteiger partial charge in [0.25, 0.3) is 0 Å². The zero-order chi connectivity index (χ0) is 18.4. The van der Waals surface area contributed by atoms with E-state index in [0.29, 0.717) is 6.54 Å². The number of amides is 1. The first kappa shape index (κ1) is 17.7. The van der Waals surface area contributed by atoms with Gasteiger partial charge < -0.3 is 10.1 Å². The normalized spacial score (nSPS) is 11.0. The second kappa shape index (κ2) is 8.30. The van der Waals surface area contributed by atoms with Crippen LogP contribution in [0.15, 0.2) is 60.8 Å². The average Bonchev–Trinajstić information content (AvgIpc) is 2.66. The molecule has 1 amide bonds. The highest BCUT2D eigenvalue weighted by Gasteiger charge is 2.04. The lowest BCUT2D eigenvalue weighted by Gasteiger charge is -2.09. The number of carbonyl (C=O) groups is 1. The molecule has 0 atom stereocenters. The van der Waals surface area contributed by atoms with Crippen LogP contribution >= 0.6 is 0 Å². The molecule has 26 heavy (non-hydrogen) atoms. The molecule has 3 aromatic rings. The monoisotopic (exact) mass is 346 g/mol. The molecule has 1 aromatic heterocycles. The van der Waals surface area contributed by atoms with Crippen LogP contribution in [-0.4, -0.2) is 24.5 Å². The topological polar surface area (TPSA) is 51.2 Å². The minimum absolute atomic E-state index is 0.121. The molecule has 132 valence electrons. The molecule has 2 aromatic carbocycles. The molecule has 0 saturated carbocycles. The lowest BCUT2D eigenvalue weighted by molar-refractivity contribution is -0.116. The number of hydrogen-bond acceptors (Lipinski definition) is 3. The van der Waals surface area contributed by atoms with E-state index in [4.69, 9.17) is 4.74 Å². The van der Waals surface area contributed by atoms with Gasteiger partial charge in [0.1, 0.15) is 5.75 Å². The fraction of sp³-hybridized carbons (Fsp3) is 0.182. The summed E-state index contributed by atoms with van der Waals surface area (Å²) in [5.74, 6) is 0.728. The summed E-state index contributed by atoms with van der Waals surface area (Å²) < 4.78 is 5.37. The number of methoxy groups -OCH3 is 1. The van der Waals surface area contributed by atoms with E-state index in [0.717, 1.165) is 34.2 Å². The Balaban J connectivity index is 1.61. The summed E-state index contributed by atoms with van der Waals surface area (Å²) in [6.45, 7) is 2.60. The number of nitrogens with one attached hydrogen (secondary N) is 1. The Morgan fingerprint density at radius 2 is 2.04 bits per heavy atom. The Bertz CT molecular complexity index is 943. The van der Waals surface area contributed by atoms with Gasteiger partial charge in [0.15, 0.2) is 0 Å². The maximum absolute atomic E-state index is 12.1. The third kappa shape index (κ3) is 4.28. The van der Waals surface area contributed by atoms with Gasteiger partial charge in [0.2, 0.25) is 5.91 Å². The summed E-state index contributed by atoms with van der Waals surface area (Å²) >= 11 is 0. The number of para-hydroxylation sites is 1. The van der Waals surface area contributed by atoms with Gasteiger partial charge in [-0.25, -0.2) is 0 Å². The predicted molar refractivity (Wildman–Crippen MR) is 105 cm³/mol. The zero-order valence-corrected chi connectivity index (χ0v) is 15.0. The molecule has 0 radical (unpaired) electrons. The molecule has 4 heteroatoms. The van der Waals surface area contributed by atoms with Gasteiger partial charge in [-0.05, 0) is 37.1 Å². The minimum Gasteiger partial charge on any atom is -0.496 e. The van der Waals surface area contributed by atoms with Gasteiger partial charge in [0, 0.05) is 29.8 Å². The molecule has 0 spiro atoms. The van der Waals surface area contributed by atoms with Crippen LogP contribution in [0.3, 0.4) is 0 Å². The van der Waals surface area contributed by atoms with Gasteiger partial charge in [-0.1, -0.05) is 42.0 Å². The standard InChI is InChI=1S/C22H22N2O2/c1-16-8-10-20(26-2)19(15-16)12-14-23-21(25)11-9-18-6-3-5-17-7-4-13-24-22(17)18/h3-11,13,15H,12,14H2,1-2H3,(H,23,25)/b11-9+. The quantitative estimate of drug-likeness (QED) is 0.688. The van der Waals surface area contributed by atoms with Crippen LogP contribution < -0.4 is 10.1 Å². The Morgan fingerprint density at radius 1 is 1.19 bits per heavy atom. The van der Waals surface area contributed by atoms with Crippen molar-refractivity contribution in [2.24, 2.45) is 0 Å². The number of ether oxygens (including phenoxy) is 1. The number of aromatic nitrogens is 1. The SMILES string of the molecule is COc1ccc(C)cc1CCNC(=O)/C=C/c1cccc2cccnc12. The van der Waals surface area contributed by atoms with Crippen LogP contribution in [0.2, 0.25) is 0 Å². The Hall–Kier alpha value is -3.14. The van der Waals surface area contributed by atoms with Crippen LogP contribution in [0.25, 0.3) is 17.0 Å². The summed E-state index contributed by atoms with van der Waals surface area (Å²) in [5, 5.41) is 3.98. The van der Waals surface area contributed by atoms with E-state index in [-0.39, 0.29) is 5.91 Å². The van der Waals surface area contributed by atoms with Crippen molar-refractivity contribution >= 4 is 22.9 Å². The second-order valence-corrected chi connectivity index (χ2v) is 6.11. The first-order valence-electron chi connectivity index (χ1n) is 8.60. The van der Waals surface area contributed by atoms with Crippen molar-refractivity contribution in [2.75, 3.05) is 13.7 Å². The fourth-order valence-electron chi connectivity index (χ4n) is 2.91. The van der Waals surface area contributed by atoms with Crippen molar-refractivity contribution in [3.05, 3.63) is 77.5 Å². The lowest BCUT2D eigenvalue weighted by atomic mass is 10.1. The van der Waals surface area contributed by atoms with E-state index in [1.165, 1.54) is 5.56 Å². The third-order valence-corrected chi connectivity index (χ3v) is 4.21. The molecule has 0 aliphatic heterocycles. The highest BCUT2D eigenvalue weighted by molar-refractivity contribution is 5.95. The van der Waals surface area contributed by atoms with Gasteiger partial charge in [-0.15, -0.1) is 0 Å². The van der Waals surface area contributed by atoms with Gasteiger partial charge in [-0.2, -0.15) is 0 Å². The molecule has 3 rings (SSSR count). The van der Waals surface area contributed by atoms with Gasteiger partial charge >= 0.3 is 0 Å². The highest BCUT2D eigenvalue weighted by atomic mass is 16.5. The number of nitrogens with zero attached hydrogens (tertiary/aromatic N) is 1. The van der Waals surface area contributed by atoms with Crippen LogP contribution in [0.1, 0.15) is 16.7 Å². The smallest absolute Gasteiger partial charge is 0.244 e. The summed E-state index contributed by atoms with van der Waals surface area (Å²) in [7, 11) is 1.66.